The zero-order valence-electron chi connectivity index (χ0n) is 21.0. The molecule has 2 aromatic rings. The molecule has 1 saturated heterocycles. The van der Waals surface area contributed by atoms with E-state index in [4.69, 9.17) is 21.1 Å². The molecule has 0 unspecified atom stereocenters. The van der Waals surface area contributed by atoms with Crippen LogP contribution in [0, 0.1) is 11.8 Å². The Balaban J connectivity index is 1.32. The number of hydrogen-bond acceptors (Lipinski definition) is 7. The summed E-state index contributed by atoms with van der Waals surface area (Å²) in [5, 5.41) is 9.03. The van der Waals surface area contributed by atoms with Gasteiger partial charge in [-0.25, -0.2) is 0 Å². The van der Waals surface area contributed by atoms with E-state index in [1.807, 2.05) is 0 Å². The summed E-state index contributed by atoms with van der Waals surface area (Å²) in [5.74, 6) is -0.390. The highest BCUT2D eigenvalue weighted by molar-refractivity contribution is 7.18. The van der Waals surface area contributed by atoms with E-state index < -0.39 is 18.6 Å². The standard InChI is InChI=1S/C26H29ClF2N4O5S/c27-21-8-7-20(39-21)25(36)30-12-17(32-23(14-1-2-14)15-3-4-15)24(35)31-16-5-6-18(19(11-16)38-26(28)29)33-9-10-37-13-22(33)34/h5-8,11,14-15,17,23,26,32H,1-4,9-10,12-13H2,(H,30,36)(H,31,35)/t17-/m1/s1. The van der Waals surface area contributed by atoms with Gasteiger partial charge in [-0.2, -0.15) is 8.78 Å². The smallest absolute Gasteiger partial charge is 0.387 e. The van der Waals surface area contributed by atoms with Crippen molar-refractivity contribution in [2.75, 3.05) is 36.5 Å². The van der Waals surface area contributed by atoms with E-state index in [2.05, 4.69) is 16.0 Å². The summed E-state index contributed by atoms with van der Waals surface area (Å²) in [6, 6.07) is 6.90. The largest absolute Gasteiger partial charge is 0.433 e. The molecule has 2 heterocycles. The summed E-state index contributed by atoms with van der Waals surface area (Å²) < 4.78 is 36.7. The number of ether oxygens (including phenoxy) is 2. The number of benzene rings is 1. The van der Waals surface area contributed by atoms with Gasteiger partial charge >= 0.3 is 6.61 Å². The molecule has 9 nitrogen and oxygen atoms in total. The number of anilines is 2. The molecule has 2 saturated carbocycles. The van der Waals surface area contributed by atoms with Gasteiger partial charge in [0.15, 0.2) is 5.75 Å². The lowest BCUT2D eigenvalue weighted by Crippen LogP contribution is -2.53. The van der Waals surface area contributed by atoms with E-state index in [0.29, 0.717) is 21.0 Å². The van der Waals surface area contributed by atoms with E-state index in [9.17, 15) is 23.2 Å². The highest BCUT2D eigenvalue weighted by atomic mass is 35.5. The second kappa shape index (κ2) is 12.2. The monoisotopic (exact) mass is 582 g/mol. The molecule has 0 radical (unpaired) electrons. The predicted molar refractivity (Wildman–Crippen MR) is 143 cm³/mol. The van der Waals surface area contributed by atoms with Gasteiger partial charge < -0.3 is 30.3 Å². The van der Waals surface area contributed by atoms with Gasteiger partial charge in [-0.1, -0.05) is 11.6 Å². The summed E-state index contributed by atoms with van der Waals surface area (Å²) in [6.07, 6.45) is 4.38. The van der Waals surface area contributed by atoms with Gasteiger partial charge in [0.25, 0.3) is 11.8 Å². The van der Waals surface area contributed by atoms with Crippen molar-refractivity contribution < 1.29 is 32.6 Å². The number of nitrogens with one attached hydrogen (secondary N) is 3. The van der Waals surface area contributed by atoms with E-state index >= 15 is 0 Å². The van der Waals surface area contributed by atoms with Crippen LogP contribution >= 0.6 is 22.9 Å². The number of amides is 3. The van der Waals surface area contributed by atoms with Gasteiger partial charge in [-0.15, -0.1) is 11.3 Å². The predicted octanol–water partition coefficient (Wildman–Crippen LogP) is 3.88. The Labute approximate surface area is 233 Å². The van der Waals surface area contributed by atoms with Crippen LogP contribution in [0.2, 0.25) is 4.34 Å². The maximum absolute atomic E-state index is 13.4. The SMILES string of the molecule is O=C(NC[C@@H](NC(C1CC1)C1CC1)C(=O)Nc1ccc(N2CCOCC2=O)c(OC(F)F)c1)c1ccc(Cl)s1. The molecule has 1 atom stereocenters. The first-order valence-electron chi connectivity index (χ1n) is 12.9. The number of morpholine rings is 1. The molecule has 3 fully saturated rings. The number of carbonyl (C=O) groups excluding carboxylic acids is 3. The van der Waals surface area contributed by atoms with Crippen LogP contribution in [-0.4, -0.2) is 62.7 Å². The van der Waals surface area contributed by atoms with Crippen LogP contribution < -0.4 is 25.6 Å². The lowest BCUT2D eigenvalue weighted by Gasteiger charge is -2.29. The van der Waals surface area contributed by atoms with Crippen molar-refractivity contribution in [2.45, 2.75) is 44.4 Å². The Bertz CT molecular complexity index is 1210. The summed E-state index contributed by atoms with van der Waals surface area (Å²) in [4.78, 5) is 40.1. The Morgan fingerprint density at radius 2 is 1.90 bits per heavy atom. The fourth-order valence-electron chi connectivity index (χ4n) is 4.75. The van der Waals surface area contributed by atoms with Crippen molar-refractivity contribution in [3.63, 3.8) is 0 Å². The van der Waals surface area contributed by atoms with Crippen molar-refractivity contribution in [3.8, 4) is 5.75 Å². The zero-order valence-corrected chi connectivity index (χ0v) is 22.5. The van der Waals surface area contributed by atoms with Crippen LogP contribution in [0.1, 0.15) is 35.4 Å². The van der Waals surface area contributed by atoms with Gasteiger partial charge in [0.2, 0.25) is 5.91 Å². The summed E-state index contributed by atoms with van der Waals surface area (Å²) in [7, 11) is 0. The molecule has 0 spiro atoms. The Hall–Kier alpha value is -2.80. The van der Waals surface area contributed by atoms with Crippen LogP contribution in [0.5, 0.6) is 5.75 Å². The highest BCUT2D eigenvalue weighted by Crippen LogP contribution is 2.44. The summed E-state index contributed by atoms with van der Waals surface area (Å²) >= 11 is 7.09. The first-order valence-corrected chi connectivity index (χ1v) is 14.1. The second-order valence-electron chi connectivity index (χ2n) is 9.88. The van der Waals surface area contributed by atoms with E-state index in [-0.39, 0.29) is 61.3 Å². The molecule has 1 aromatic carbocycles. The molecule has 2 aliphatic carbocycles. The Morgan fingerprint density at radius 1 is 1.15 bits per heavy atom. The number of thiophene rings is 1. The topological polar surface area (TPSA) is 109 Å². The first kappa shape index (κ1) is 27.8. The summed E-state index contributed by atoms with van der Waals surface area (Å²) in [5.41, 5.74) is 0.387. The lowest BCUT2D eigenvalue weighted by atomic mass is 10.1. The van der Waals surface area contributed by atoms with Crippen molar-refractivity contribution >= 4 is 52.0 Å². The Morgan fingerprint density at radius 3 is 2.51 bits per heavy atom. The fraction of sp³-hybridized carbons (Fsp3) is 0.500. The minimum Gasteiger partial charge on any atom is -0.433 e. The maximum atomic E-state index is 13.4. The quantitative estimate of drug-likeness (QED) is 0.350. The van der Waals surface area contributed by atoms with Crippen LogP contribution in [0.3, 0.4) is 0 Å². The molecule has 3 N–H and O–H groups in total. The van der Waals surface area contributed by atoms with Gasteiger partial charge in [0.05, 0.1) is 21.5 Å². The third-order valence-electron chi connectivity index (χ3n) is 6.95. The molecule has 39 heavy (non-hydrogen) atoms. The minimum atomic E-state index is -3.13. The third-order valence-corrected chi connectivity index (χ3v) is 8.18. The molecule has 3 aliphatic rings. The van der Waals surface area contributed by atoms with E-state index in [1.54, 1.807) is 12.1 Å². The zero-order chi connectivity index (χ0) is 27.5. The molecular formula is C26H29ClF2N4O5S. The molecule has 0 bridgehead atoms. The molecular weight excluding hydrogens is 554 g/mol. The van der Waals surface area contributed by atoms with Gasteiger partial charge in [-0.3, -0.25) is 14.4 Å². The third kappa shape index (κ3) is 7.24. The average molecular weight is 583 g/mol. The van der Waals surface area contributed by atoms with Crippen molar-refractivity contribution in [1.29, 1.82) is 0 Å². The minimum absolute atomic E-state index is 0.0247. The van der Waals surface area contributed by atoms with Crippen LogP contribution in [0.15, 0.2) is 30.3 Å². The second-order valence-corrected chi connectivity index (χ2v) is 11.6. The normalized spacial score (nSPS) is 18.4. The van der Waals surface area contributed by atoms with E-state index in [0.717, 1.165) is 37.0 Å². The molecule has 5 rings (SSSR count). The number of rotatable bonds is 12. The summed E-state index contributed by atoms with van der Waals surface area (Å²) in [6.45, 7) is -2.81. The van der Waals surface area contributed by atoms with Crippen LogP contribution in [0.25, 0.3) is 0 Å². The molecule has 3 amide bonds. The molecule has 1 aliphatic heterocycles. The molecule has 210 valence electrons. The van der Waals surface area contributed by atoms with E-state index in [1.165, 1.54) is 23.1 Å². The van der Waals surface area contributed by atoms with Gasteiger partial charge in [0, 0.05) is 30.9 Å². The lowest BCUT2D eigenvalue weighted by molar-refractivity contribution is -0.125. The van der Waals surface area contributed by atoms with Crippen LogP contribution in [-0.2, 0) is 14.3 Å². The number of nitrogens with zero attached hydrogens (tertiary/aromatic N) is 1. The number of hydrogen-bond donors (Lipinski definition) is 3. The molecule has 1 aromatic heterocycles. The number of alkyl halides is 2. The van der Waals surface area contributed by atoms with Crippen molar-refractivity contribution in [1.82, 2.24) is 10.6 Å². The van der Waals surface area contributed by atoms with Crippen LogP contribution in [0.4, 0.5) is 20.2 Å². The highest BCUT2D eigenvalue weighted by Gasteiger charge is 2.43. The number of halogens is 3. The number of carbonyl (C=O) groups is 3. The average Bonchev–Trinajstić information content (AvgIpc) is 3.83. The van der Waals surface area contributed by atoms with Gasteiger partial charge in [0.1, 0.15) is 12.6 Å². The Kier molecular flexibility index (Phi) is 8.65. The van der Waals surface area contributed by atoms with Crippen molar-refractivity contribution in [3.05, 3.63) is 39.5 Å². The van der Waals surface area contributed by atoms with Gasteiger partial charge in [-0.05, 0) is 61.8 Å². The fourth-order valence-corrected chi connectivity index (χ4v) is 5.71. The van der Waals surface area contributed by atoms with Crippen molar-refractivity contribution in [2.24, 2.45) is 11.8 Å². The maximum Gasteiger partial charge on any atom is 0.387 e. The molecule has 13 heteroatoms. The first-order chi connectivity index (χ1) is 18.8.